The molecule has 5 heteroatoms. The van der Waals surface area contributed by atoms with E-state index in [1.165, 1.54) is 0 Å². The van der Waals surface area contributed by atoms with Crippen LogP contribution >= 0.6 is 0 Å². The summed E-state index contributed by atoms with van der Waals surface area (Å²) >= 11 is 0. The molecule has 1 aromatic carbocycles. The molecule has 1 fully saturated rings. The lowest BCUT2D eigenvalue weighted by atomic mass is 9.99. The second-order valence-electron chi connectivity index (χ2n) is 6.38. The molecule has 0 atom stereocenters. The van der Waals surface area contributed by atoms with Crippen molar-refractivity contribution in [1.29, 1.82) is 0 Å². The maximum atomic E-state index is 12.5. The van der Waals surface area contributed by atoms with Crippen LogP contribution in [0.5, 0.6) is 0 Å². The summed E-state index contributed by atoms with van der Waals surface area (Å²) in [6.45, 7) is 8.28. The molecular weight excluding hydrogens is 266 g/mol. The van der Waals surface area contributed by atoms with Crippen molar-refractivity contribution in [2.75, 3.05) is 49.6 Å². The molecule has 1 saturated heterocycles. The Balaban J connectivity index is 1.76. The van der Waals surface area contributed by atoms with E-state index < -0.39 is 0 Å². The number of rotatable bonds is 2. The number of fused-ring (bicyclic) bond motifs is 1. The molecule has 2 aliphatic rings. The largest absolute Gasteiger partial charge is 0.378 e. The highest BCUT2D eigenvalue weighted by Crippen LogP contribution is 2.33. The normalized spacial score (nSPS) is 20.7. The molecule has 2 heterocycles. The van der Waals surface area contributed by atoms with E-state index in [0.29, 0.717) is 32.8 Å². The zero-order valence-electron chi connectivity index (χ0n) is 12.8. The smallest absolute Gasteiger partial charge is 0.242 e. The lowest BCUT2D eigenvalue weighted by Gasteiger charge is -2.42. The fourth-order valence-corrected chi connectivity index (χ4v) is 3.04. The zero-order chi connectivity index (χ0) is 14.9. The van der Waals surface area contributed by atoms with Crippen molar-refractivity contribution in [1.82, 2.24) is 4.90 Å². The fraction of sp³-hybridized carbons (Fsp3) is 0.562. The van der Waals surface area contributed by atoms with E-state index in [2.05, 4.69) is 36.2 Å². The second-order valence-corrected chi connectivity index (χ2v) is 6.38. The molecule has 0 aromatic heterocycles. The Hall–Kier alpha value is -1.75. The van der Waals surface area contributed by atoms with Gasteiger partial charge in [0, 0.05) is 25.2 Å². The highest BCUT2D eigenvalue weighted by atomic mass is 16.5. The number of morpholine rings is 1. The highest BCUT2D eigenvalue weighted by Gasteiger charge is 2.31. The summed E-state index contributed by atoms with van der Waals surface area (Å²) in [6, 6.07) is 8.19. The van der Waals surface area contributed by atoms with Gasteiger partial charge in [-0.05, 0) is 26.0 Å². The third-order valence-corrected chi connectivity index (χ3v) is 3.99. The molecule has 0 saturated carbocycles. The molecular formula is C16H23N3O2. The maximum Gasteiger partial charge on any atom is 0.242 e. The molecule has 1 N–H and O–H groups in total. The highest BCUT2D eigenvalue weighted by molar-refractivity contribution is 5.84. The Labute approximate surface area is 125 Å². The lowest BCUT2D eigenvalue weighted by molar-refractivity contribution is -0.133. The Kier molecular flexibility index (Phi) is 3.76. The van der Waals surface area contributed by atoms with E-state index in [9.17, 15) is 4.79 Å². The van der Waals surface area contributed by atoms with Gasteiger partial charge in [-0.2, -0.15) is 0 Å². The predicted octanol–water partition coefficient (Wildman–Crippen LogP) is 1.56. The van der Waals surface area contributed by atoms with Crippen LogP contribution in [-0.4, -0.2) is 55.7 Å². The number of benzene rings is 1. The first-order valence-electron chi connectivity index (χ1n) is 7.53. The van der Waals surface area contributed by atoms with Crippen LogP contribution in [0.1, 0.15) is 13.8 Å². The van der Waals surface area contributed by atoms with Crippen LogP contribution in [0.4, 0.5) is 11.4 Å². The van der Waals surface area contributed by atoms with Crippen LogP contribution in [0.3, 0.4) is 0 Å². The van der Waals surface area contributed by atoms with Gasteiger partial charge in [0.1, 0.15) is 0 Å². The van der Waals surface area contributed by atoms with Crippen LogP contribution in [0.2, 0.25) is 0 Å². The van der Waals surface area contributed by atoms with Gasteiger partial charge in [0.2, 0.25) is 5.91 Å². The van der Waals surface area contributed by atoms with Gasteiger partial charge in [-0.1, -0.05) is 12.1 Å². The summed E-state index contributed by atoms with van der Waals surface area (Å²) in [7, 11) is 0. The summed E-state index contributed by atoms with van der Waals surface area (Å²) in [5.41, 5.74) is 2.17. The number of amides is 1. The molecule has 0 spiro atoms. The van der Waals surface area contributed by atoms with Crippen LogP contribution in [0.25, 0.3) is 0 Å². The van der Waals surface area contributed by atoms with Crippen molar-refractivity contribution in [3.63, 3.8) is 0 Å². The number of para-hydroxylation sites is 2. The summed E-state index contributed by atoms with van der Waals surface area (Å²) in [5.74, 6) is 0.186. The van der Waals surface area contributed by atoms with Gasteiger partial charge in [0.05, 0.1) is 31.1 Å². The Bertz CT molecular complexity index is 524. The van der Waals surface area contributed by atoms with Gasteiger partial charge in [0.25, 0.3) is 0 Å². The standard InChI is InChI=1S/C16H23N3O2/c1-16(2)12-19(14-6-4-3-5-13(14)17-16)11-15(20)18-7-9-21-10-8-18/h3-6,17H,7-12H2,1-2H3. The topological polar surface area (TPSA) is 44.8 Å². The average Bonchev–Trinajstić information content (AvgIpc) is 2.47. The predicted molar refractivity (Wildman–Crippen MR) is 83.8 cm³/mol. The minimum atomic E-state index is -0.0420. The second kappa shape index (κ2) is 5.56. The third kappa shape index (κ3) is 3.13. The van der Waals surface area contributed by atoms with Gasteiger partial charge in [-0.3, -0.25) is 4.79 Å². The summed E-state index contributed by atoms with van der Waals surface area (Å²) in [6.07, 6.45) is 0. The van der Waals surface area contributed by atoms with Crippen LogP contribution in [0, 0.1) is 0 Å². The third-order valence-electron chi connectivity index (χ3n) is 3.99. The number of anilines is 2. The first-order chi connectivity index (χ1) is 10.1. The average molecular weight is 289 g/mol. The lowest BCUT2D eigenvalue weighted by Crippen LogP contribution is -2.52. The molecule has 0 radical (unpaired) electrons. The van der Waals surface area contributed by atoms with E-state index in [-0.39, 0.29) is 11.4 Å². The Morgan fingerprint density at radius 2 is 2.00 bits per heavy atom. The number of carbonyl (C=O) groups is 1. The molecule has 0 aliphatic carbocycles. The summed E-state index contributed by atoms with van der Waals surface area (Å²) < 4.78 is 5.31. The molecule has 21 heavy (non-hydrogen) atoms. The SMILES string of the molecule is CC1(C)CN(CC(=O)N2CCOCC2)c2ccccc2N1. The summed E-state index contributed by atoms with van der Waals surface area (Å²) in [4.78, 5) is 16.6. The van der Waals surface area contributed by atoms with Crippen LogP contribution in [0.15, 0.2) is 24.3 Å². The van der Waals surface area contributed by atoms with E-state index in [4.69, 9.17) is 4.74 Å². The number of ether oxygens (including phenoxy) is 1. The number of carbonyl (C=O) groups excluding carboxylic acids is 1. The van der Waals surface area contributed by atoms with Gasteiger partial charge in [0.15, 0.2) is 0 Å². The van der Waals surface area contributed by atoms with E-state index >= 15 is 0 Å². The fourth-order valence-electron chi connectivity index (χ4n) is 3.04. The van der Waals surface area contributed by atoms with Crippen molar-refractivity contribution < 1.29 is 9.53 Å². The molecule has 1 aromatic rings. The van der Waals surface area contributed by atoms with Gasteiger partial charge in [-0.25, -0.2) is 0 Å². The monoisotopic (exact) mass is 289 g/mol. The van der Waals surface area contributed by atoms with Gasteiger partial charge >= 0.3 is 0 Å². The van der Waals surface area contributed by atoms with Gasteiger partial charge < -0.3 is 19.9 Å². The van der Waals surface area contributed by atoms with Gasteiger partial charge in [-0.15, -0.1) is 0 Å². The summed E-state index contributed by atoms with van der Waals surface area (Å²) in [5, 5.41) is 3.53. The minimum absolute atomic E-state index is 0.0420. The molecule has 5 nitrogen and oxygen atoms in total. The Morgan fingerprint density at radius 3 is 2.76 bits per heavy atom. The molecule has 1 amide bonds. The number of nitrogens with one attached hydrogen (secondary N) is 1. The molecule has 0 unspecified atom stereocenters. The number of hydrogen-bond donors (Lipinski definition) is 1. The molecule has 0 bridgehead atoms. The van der Waals surface area contributed by atoms with E-state index in [1.807, 2.05) is 17.0 Å². The van der Waals surface area contributed by atoms with Crippen molar-refractivity contribution in [2.45, 2.75) is 19.4 Å². The number of nitrogens with zero attached hydrogens (tertiary/aromatic N) is 2. The van der Waals surface area contributed by atoms with Crippen LogP contribution in [-0.2, 0) is 9.53 Å². The van der Waals surface area contributed by atoms with E-state index in [0.717, 1.165) is 17.9 Å². The quantitative estimate of drug-likeness (QED) is 0.897. The maximum absolute atomic E-state index is 12.5. The first-order valence-corrected chi connectivity index (χ1v) is 7.53. The Morgan fingerprint density at radius 1 is 1.29 bits per heavy atom. The van der Waals surface area contributed by atoms with E-state index in [1.54, 1.807) is 0 Å². The van der Waals surface area contributed by atoms with Crippen molar-refractivity contribution in [3.8, 4) is 0 Å². The molecule has 2 aliphatic heterocycles. The van der Waals surface area contributed by atoms with Crippen molar-refractivity contribution in [3.05, 3.63) is 24.3 Å². The van der Waals surface area contributed by atoms with Crippen molar-refractivity contribution >= 4 is 17.3 Å². The molecule has 3 rings (SSSR count). The molecule has 114 valence electrons. The number of hydrogen-bond acceptors (Lipinski definition) is 4. The van der Waals surface area contributed by atoms with Crippen LogP contribution < -0.4 is 10.2 Å². The van der Waals surface area contributed by atoms with Crippen molar-refractivity contribution in [2.24, 2.45) is 0 Å². The first kappa shape index (κ1) is 14.2. The minimum Gasteiger partial charge on any atom is -0.378 e. The zero-order valence-corrected chi connectivity index (χ0v) is 12.8.